The van der Waals surface area contributed by atoms with E-state index in [-0.39, 0.29) is 11.7 Å². The van der Waals surface area contributed by atoms with Gasteiger partial charge in [0.15, 0.2) is 5.78 Å². The maximum atomic E-state index is 13.1. The van der Waals surface area contributed by atoms with Crippen LogP contribution >= 0.6 is 0 Å². The van der Waals surface area contributed by atoms with Crippen LogP contribution in [0.1, 0.15) is 83.5 Å². The first-order valence-electron chi connectivity index (χ1n) is 21.1. The van der Waals surface area contributed by atoms with Gasteiger partial charge in [-0.05, 0) is 187 Å². The molecule has 1 unspecified atom stereocenters. The molecule has 10 heteroatoms. The van der Waals surface area contributed by atoms with E-state index in [0.29, 0.717) is 62.5 Å². The third-order valence-corrected chi connectivity index (χ3v) is 11.0. The molecular weight excluding hydrogens is 833 g/mol. The number of aryl methyl sites for hydroxylation is 2. The van der Waals surface area contributed by atoms with E-state index in [9.17, 15) is 19.2 Å². The van der Waals surface area contributed by atoms with Gasteiger partial charge in [0.2, 0.25) is 0 Å². The summed E-state index contributed by atoms with van der Waals surface area (Å²) in [6, 6.07) is 48.9. The summed E-state index contributed by atoms with van der Waals surface area (Å²) in [7, 11) is 1.67. The molecule has 66 heavy (non-hydrogen) atoms. The second-order valence-electron chi connectivity index (χ2n) is 15.7. The molecule has 0 aliphatic rings. The number of hydrogen-bond donors (Lipinski definition) is 0. The standard InChI is InChI=1S/C56H44O10/c1-34-30-42(16-28-52(34)61-5)36(3)43-17-29-53(35(2)31-43)66-56(60)41-12-24-49(25-13-41)63-48-22-10-40(11-23-48)55(59)65-51-27-15-44-32-50(26-14-45(44)33-51)64-54(58)39-8-20-47(21-9-39)62-46-18-6-38(7-19-46)37(4)57/h6-33,36H,1-5H3. The Bertz CT molecular complexity index is 3080. The quantitative estimate of drug-likeness (QED) is 0.0592. The van der Waals surface area contributed by atoms with Crippen molar-refractivity contribution in [3.63, 3.8) is 0 Å². The highest BCUT2D eigenvalue weighted by molar-refractivity contribution is 5.95. The maximum Gasteiger partial charge on any atom is 0.343 e. The van der Waals surface area contributed by atoms with Crippen LogP contribution in [-0.4, -0.2) is 30.8 Å². The lowest BCUT2D eigenvalue weighted by Crippen LogP contribution is -2.09. The van der Waals surface area contributed by atoms with Crippen molar-refractivity contribution in [3.8, 4) is 46.0 Å². The molecule has 0 aromatic heterocycles. The lowest BCUT2D eigenvalue weighted by Gasteiger charge is -2.16. The number of fused-ring (bicyclic) bond motifs is 1. The molecule has 0 radical (unpaired) electrons. The SMILES string of the molecule is COc1ccc(C(C)c2ccc(OC(=O)c3ccc(Oc4ccc(C(=O)Oc5ccc6cc(OC(=O)c7ccc(Oc8ccc(C(C)=O)cc8)cc7)ccc6c5)cc4)cc3)c(C)c2)cc1C. The van der Waals surface area contributed by atoms with Gasteiger partial charge in [0.05, 0.1) is 23.8 Å². The number of ether oxygens (including phenoxy) is 6. The molecule has 0 amide bonds. The predicted molar refractivity (Wildman–Crippen MR) is 251 cm³/mol. The average molecular weight is 877 g/mol. The summed E-state index contributed by atoms with van der Waals surface area (Å²) in [6.45, 7) is 7.59. The number of ketones is 1. The zero-order chi connectivity index (χ0) is 46.3. The normalized spacial score (nSPS) is 11.3. The highest BCUT2D eigenvalue weighted by Crippen LogP contribution is 2.32. The van der Waals surface area contributed by atoms with E-state index in [0.717, 1.165) is 33.2 Å². The van der Waals surface area contributed by atoms with Crippen molar-refractivity contribution in [2.24, 2.45) is 0 Å². The van der Waals surface area contributed by atoms with E-state index in [1.165, 1.54) is 12.5 Å². The third kappa shape index (κ3) is 10.5. The lowest BCUT2D eigenvalue weighted by atomic mass is 9.91. The highest BCUT2D eigenvalue weighted by Gasteiger charge is 2.17. The van der Waals surface area contributed by atoms with Gasteiger partial charge in [-0.3, -0.25) is 4.79 Å². The van der Waals surface area contributed by atoms with Crippen molar-refractivity contribution in [2.45, 2.75) is 33.6 Å². The molecule has 328 valence electrons. The van der Waals surface area contributed by atoms with Gasteiger partial charge < -0.3 is 28.4 Å². The topological polar surface area (TPSA) is 124 Å². The molecule has 0 bridgehead atoms. The fourth-order valence-electron chi connectivity index (χ4n) is 7.25. The molecule has 8 rings (SSSR count). The Balaban J connectivity index is 0.814. The van der Waals surface area contributed by atoms with Crippen molar-refractivity contribution >= 4 is 34.5 Å². The minimum Gasteiger partial charge on any atom is -0.496 e. The van der Waals surface area contributed by atoms with Crippen LogP contribution in [-0.2, 0) is 0 Å². The molecule has 0 spiro atoms. The molecule has 0 heterocycles. The average Bonchev–Trinajstić information content (AvgIpc) is 3.32. The maximum absolute atomic E-state index is 13.1. The van der Waals surface area contributed by atoms with Crippen molar-refractivity contribution in [1.82, 2.24) is 0 Å². The number of rotatable bonds is 14. The zero-order valence-electron chi connectivity index (χ0n) is 36.8. The fourth-order valence-corrected chi connectivity index (χ4v) is 7.25. The van der Waals surface area contributed by atoms with E-state index in [1.54, 1.807) is 141 Å². The summed E-state index contributed by atoms with van der Waals surface area (Å²) in [6.07, 6.45) is 0. The molecule has 0 aliphatic carbocycles. The molecule has 0 aliphatic heterocycles. The Kier molecular flexibility index (Phi) is 13.0. The molecule has 10 nitrogen and oxygen atoms in total. The monoisotopic (exact) mass is 876 g/mol. The minimum absolute atomic E-state index is 0.0289. The van der Waals surface area contributed by atoms with Crippen LogP contribution in [0.25, 0.3) is 10.8 Å². The molecule has 1 atom stereocenters. The number of Topliss-reactive ketones (excluding diaryl/α,β-unsaturated/α-hetero) is 1. The van der Waals surface area contributed by atoms with Gasteiger partial charge in [-0.15, -0.1) is 0 Å². The highest BCUT2D eigenvalue weighted by atomic mass is 16.5. The summed E-state index contributed by atoms with van der Waals surface area (Å²) in [5.74, 6) is 2.63. The molecule has 0 N–H and O–H groups in total. The Labute approximate surface area is 381 Å². The number of carbonyl (C=O) groups is 4. The van der Waals surface area contributed by atoms with Gasteiger partial charge in [-0.1, -0.05) is 43.3 Å². The fraction of sp³-hybridized carbons (Fsp3) is 0.107. The van der Waals surface area contributed by atoms with Crippen LogP contribution in [0.2, 0.25) is 0 Å². The third-order valence-electron chi connectivity index (χ3n) is 11.0. The first-order valence-corrected chi connectivity index (χ1v) is 21.1. The van der Waals surface area contributed by atoms with Crippen molar-refractivity contribution < 1.29 is 47.6 Å². The molecule has 8 aromatic rings. The van der Waals surface area contributed by atoms with E-state index in [4.69, 9.17) is 28.4 Å². The number of benzene rings is 8. The summed E-state index contributed by atoms with van der Waals surface area (Å²) < 4.78 is 34.3. The molecular formula is C56H44O10. The second-order valence-corrected chi connectivity index (χ2v) is 15.7. The largest absolute Gasteiger partial charge is 0.496 e. The first-order chi connectivity index (χ1) is 31.9. The molecule has 0 saturated heterocycles. The summed E-state index contributed by atoms with van der Waals surface area (Å²) in [5.41, 5.74) is 5.81. The first kappa shape index (κ1) is 44.1. The van der Waals surface area contributed by atoms with E-state index in [2.05, 4.69) is 19.1 Å². The zero-order valence-corrected chi connectivity index (χ0v) is 36.8. The number of carbonyl (C=O) groups excluding carboxylic acids is 4. The van der Waals surface area contributed by atoms with E-state index < -0.39 is 17.9 Å². The molecule has 0 fully saturated rings. The Morgan fingerprint density at radius 2 is 0.742 bits per heavy atom. The van der Waals surface area contributed by atoms with Gasteiger partial charge in [0.1, 0.15) is 46.0 Å². The van der Waals surface area contributed by atoms with Crippen LogP contribution in [0.4, 0.5) is 0 Å². The van der Waals surface area contributed by atoms with E-state index in [1.807, 2.05) is 38.1 Å². The number of esters is 3. The second kappa shape index (κ2) is 19.5. The van der Waals surface area contributed by atoms with Gasteiger partial charge >= 0.3 is 17.9 Å². The van der Waals surface area contributed by atoms with Crippen LogP contribution in [0.15, 0.2) is 170 Å². The van der Waals surface area contributed by atoms with Gasteiger partial charge in [-0.2, -0.15) is 0 Å². The minimum atomic E-state index is -0.552. The molecule has 8 aromatic carbocycles. The predicted octanol–water partition coefficient (Wildman–Crippen LogP) is 13.1. The smallest absolute Gasteiger partial charge is 0.343 e. The van der Waals surface area contributed by atoms with Crippen LogP contribution in [0, 0.1) is 13.8 Å². The van der Waals surface area contributed by atoms with Crippen molar-refractivity contribution in [2.75, 3.05) is 7.11 Å². The van der Waals surface area contributed by atoms with E-state index >= 15 is 0 Å². The van der Waals surface area contributed by atoms with Gasteiger partial charge in [0.25, 0.3) is 0 Å². The molecule has 0 saturated carbocycles. The Morgan fingerprint density at radius 1 is 0.394 bits per heavy atom. The van der Waals surface area contributed by atoms with Crippen LogP contribution < -0.4 is 28.4 Å². The van der Waals surface area contributed by atoms with Gasteiger partial charge in [0, 0.05) is 11.5 Å². The van der Waals surface area contributed by atoms with Crippen LogP contribution in [0.3, 0.4) is 0 Å². The Morgan fingerprint density at radius 3 is 1.11 bits per heavy atom. The van der Waals surface area contributed by atoms with Crippen LogP contribution in [0.5, 0.6) is 46.0 Å². The van der Waals surface area contributed by atoms with Gasteiger partial charge in [-0.25, -0.2) is 14.4 Å². The van der Waals surface area contributed by atoms with Crippen molar-refractivity contribution in [3.05, 3.63) is 214 Å². The Hall–Kier alpha value is -8.50. The summed E-state index contributed by atoms with van der Waals surface area (Å²) in [4.78, 5) is 50.6. The summed E-state index contributed by atoms with van der Waals surface area (Å²) in [5, 5.41) is 1.55. The summed E-state index contributed by atoms with van der Waals surface area (Å²) >= 11 is 0. The number of methoxy groups -OCH3 is 1. The number of hydrogen-bond acceptors (Lipinski definition) is 10. The lowest BCUT2D eigenvalue weighted by molar-refractivity contribution is 0.0724. The van der Waals surface area contributed by atoms with Crippen molar-refractivity contribution in [1.29, 1.82) is 0 Å².